The molecule has 4 aromatic rings. The number of hydrogen-bond donors (Lipinski definition) is 1. The summed E-state index contributed by atoms with van der Waals surface area (Å²) in [6.07, 6.45) is 1.55. The van der Waals surface area contributed by atoms with Crippen LogP contribution in [0, 0.1) is 6.92 Å². The van der Waals surface area contributed by atoms with E-state index >= 15 is 0 Å². The lowest BCUT2D eigenvalue weighted by Gasteiger charge is -2.08. The van der Waals surface area contributed by atoms with Gasteiger partial charge in [0, 0.05) is 6.54 Å². The summed E-state index contributed by atoms with van der Waals surface area (Å²) >= 11 is 0. The van der Waals surface area contributed by atoms with E-state index in [4.69, 9.17) is 13.7 Å². The fourth-order valence-electron chi connectivity index (χ4n) is 2.88. The van der Waals surface area contributed by atoms with E-state index in [1.165, 1.54) is 0 Å². The molecule has 0 aliphatic rings. The summed E-state index contributed by atoms with van der Waals surface area (Å²) in [5.41, 5.74) is 2.78. The Kier molecular flexibility index (Phi) is 4.33. The molecular formula is C20H17N3O4. The monoisotopic (exact) mass is 363 g/mol. The van der Waals surface area contributed by atoms with Gasteiger partial charge in [0.05, 0.1) is 30.0 Å². The number of hydrogen-bond acceptors (Lipinski definition) is 6. The first-order chi connectivity index (χ1) is 13.2. The zero-order valence-electron chi connectivity index (χ0n) is 14.9. The van der Waals surface area contributed by atoms with Crippen LogP contribution in [0.3, 0.4) is 0 Å². The number of furan rings is 1. The van der Waals surface area contributed by atoms with Gasteiger partial charge in [0.2, 0.25) is 0 Å². The van der Waals surface area contributed by atoms with Gasteiger partial charge in [-0.2, -0.15) is 0 Å². The molecule has 7 heteroatoms. The van der Waals surface area contributed by atoms with Gasteiger partial charge in [-0.25, -0.2) is 4.98 Å². The van der Waals surface area contributed by atoms with E-state index in [2.05, 4.69) is 15.5 Å². The number of ether oxygens (including phenoxy) is 1. The number of nitrogens with one attached hydrogen (secondary N) is 1. The molecule has 0 aliphatic carbocycles. The smallest absolute Gasteiger partial charge is 0.259 e. The molecule has 136 valence electrons. The molecule has 3 heterocycles. The molecular weight excluding hydrogens is 346 g/mol. The summed E-state index contributed by atoms with van der Waals surface area (Å²) in [4.78, 5) is 17.3. The highest BCUT2D eigenvalue weighted by atomic mass is 16.5. The SMILES string of the molecule is COc1cccc(CNC(=O)c2cc(-c3ccco3)nc3onc(C)c23)c1. The minimum Gasteiger partial charge on any atom is -0.497 e. The molecule has 1 amide bonds. The summed E-state index contributed by atoms with van der Waals surface area (Å²) in [5, 5.41) is 7.45. The molecule has 0 unspecified atom stereocenters. The molecule has 1 aromatic carbocycles. The first kappa shape index (κ1) is 16.8. The third-order valence-corrected chi connectivity index (χ3v) is 4.22. The van der Waals surface area contributed by atoms with Crippen LogP contribution in [0.5, 0.6) is 5.75 Å². The minimum atomic E-state index is -0.246. The van der Waals surface area contributed by atoms with Gasteiger partial charge in [0.1, 0.15) is 11.4 Å². The van der Waals surface area contributed by atoms with E-state index in [9.17, 15) is 4.79 Å². The van der Waals surface area contributed by atoms with Gasteiger partial charge in [-0.15, -0.1) is 0 Å². The maximum atomic E-state index is 12.9. The van der Waals surface area contributed by atoms with Crippen molar-refractivity contribution in [1.82, 2.24) is 15.5 Å². The third-order valence-electron chi connectivity index (χ3n) is 4.22. The van der Waals surface area contributed by atoms with Crippen molar-refractivity contribution in [3.63, 3.8) is 0 Å². The number of aryl methyl sites for hydroxylation is 1. The number of rotatable bonds is 5. The fraction of sp³-hybridized carbons (Fsp3) is 0.150. The van der Waals surface area contributed by atoms with E-state index < -0.39 is 0 Å². The molecule has 1 N–H and O–H groups in total. The molecule has 0 atom stereocenters. The summed E-state index contributed by atoms with van der Waals surface area (Å²) < 4.78 is 15.9. The van der Waals surface area contributed by atoms with Crippen LogP contribution in [0.4, 0.5) is 0 Å². The van der Waals surface area contributed by atoms with Crippen molar-refractivity contribution < 1.29 is 18.5 Å². The Morgan fingerprint density at radius 3 is 2.89 bits per heavy atom. The van der Waals surface area contributed by atoms with Crippen LogP contribution < -0.4 is 10.1 Å². The number of nitrogens with zero attached hydrogens (tertiary/aromatic N) is 2. The normalized spacial score (nSPS) is 10.9. The molecule has 4 rings (SSSR count). The van der Waals surface area contributed by atoms with Gasteiger partial charge in [-0.3, -0.25) is 4.79 Å². The van der Waals surface area contributed by atoms with Crippen LogP contribution in [-0.2, 0) is 6.54 Å². The highest BCUT2D eigenvalue weighted by molar-refractivity contribution is 6.06. The second-order valence-electron chi connectivity index (χ2n) is 6.01. The Morgan fingerprint density at radius 1 is 1.22 bits per heavy atom. The Morgan fingerprint density at radius 2 is 2.11 bits per heavy atom. The van der Waals surface area contributed by atoms with Crippen LogP contribution in [0.1, 0.15) is 21.6 Å². The number of benzene rings is 1. The van der Waals surface area contributed by atoms with Crippen molar-refractivity contribution >= 4 is 17.0 Å². The van der Waals surface area contributed by atoms with Crippen LogP contribution in [-0.4, -0.2) is 23.2 Å². The molecule has 0 fully saturated rings. The largest absolute Gasteiger partial charge is 0.497 e. The van der Waals surface area contributed by atoms with Gasteiger partial charge in [-0.1, -0.05) is 17.3 Å². The molecule has 0 bridgehead atoms. The summed E-state index contributed by atoms with van der Waals surface area (Å²) in [6, 6.07) is 12.8. The molecule has 0 radical (unpaired) electrons. The van der Waals surface area contributed by atoms with Gasteiger partial charge in [0.25, 0.3) is 11.6 Å². The van der Waals surface area contributed by atoms with Crippen LogP contribution in [0.15, 0.2) is 57.7 Å². The number of aromatic nitrogens is 2. The van der Waals surface area contributed by atoms with Crippen molar-refractivity contribution in [3.8, 4) is 17.2 Å². The van der Waals surface area contributed by atoms with Crippen LogP contribution >= 0.6 is 0 Å². The number of fused-ring (bicyclic) bond motifs is 1. The zero-order valence-corrected chi connectivity index (χ0v) is 14.9. The van der Waals surface area contributed by atoms with Gasteiger partial charge in [-0.05, 0) is 42.8 Å². The number of pyridine rings is 1. The topological polar surface area (TPSA) is 90.4 Å². The highest BCUT2D eigenvalue weighted by Crippen LogP contribution is 2.27. The summed E-state index contributed by atoms with van der Waals surface area (Å²) in [5.74, 6) is 1.04. The Labute approximate surface area is 154 Å². The summed E-state index contributed by atoms with van der Waals surface area (Å²) in [6.45, 7) is 2.14. The molecule has 27 heavy (non-hydrogen) atoms. The van der Waals surface area contributed by atoms with Crippen molar-refractivity contribution in [2.75, 3.05) is 7.11 Å². The predicted octanol–water partition coefficient (Wildman–Crippen LogP) is 3.73. The van der Waals surface area contributed by atoms with E-state index in [-0.39, 0.29) is 5.91 Å². The zero-order chi connectivity index (χ0) is 18.8. The number of methoxy groups -OCH3 is 1. The molecule has 7 nitrogen and oxygen atoms in total. The minimum absolute atomic E-state index is 0.246. The van der Waals surface area contributed by atoms with E-state index in [1.807, 2.05) is 24.3 Å². The predicted molar refractivity (Wildman–Crippen MR) is 98.4 cm³/mol. The lowest BCUT2D eigenvalue weighted by Crippen LogP contribution is -2.23. The molecule has 0 saturated heterocycles. The Bertz CT molecular complexity index is 1100. The summed E-state index contributed by atoms with van der Waals surface area (Å²) in [7, 11) is 1.61. The number of carbonyl (C=O) groups is 1. The quantitative estimate of drug-likeness (QED) is 0.581. The first-order valence-corrected chi connectivity index (χ1v) is 8.38. The highest BCUT2D eigenvalue weighted by Gasteiger charge is 2.20. The molecule has 3 aromatic heterocycles. The number of amides is 1. The Hall–Kier alpha value is -3.61. The van der Waals surface area contributed by atoms with Crippen molar-refractivity contribution in [1.29, 1.82) is 0 Å². The Balaban J connectivity index is 1.67. The average Bonchev–Trinajstić information content (AvgIpc) is 3.36. The maximum Gasteiger partial charge on any atom is 0.259 e. The first-order valence-electron chi connectivity index (χ1n) is 8.38. The molecule has 0 spiro atoms. The lowest BCUT2D eigenvalue weighted by atomic mass is 10.1. The van der Waals surface area contributed by atoms with Crippen LogP contribution in [0.25, 0.3) is 22.6 Å². The van der Waals surface area contributed by atoms with Crippen molar-refractivity contribution in [2.45, 2.75) is 13.5 Å². The standard InChI is InChI=1S/C20H17N3O4/c1-12-18-15(19(24)21-11-13-5-3-6-14(9-13)25-2)10-16(17-7-4-8-26-17)22-20(18)27-23-12/h3-10H,11H2,1-2H3,(H,21,24). The van der Waals surface area contributed by atoms with Crippen LogP contribution in [0.2, 0.25) is 0 Å². The maximum absolute atomic E-state index is 12.9. The van der Waals surface area contributed by atoms with Crippen molar-refractivity contribution in [3.05, 3.63) is 65.5 Å². The molecule has 0 saturated carbocycles. The molecule has 0 aliphatic heterocycles. The van der Waals surface area contributed by atoms with E-state index in [0.29, 0.717) is 40.4 Å². The third kappa shape index (κ3) is 3.27. The second kappa shape index (κ2) is 6.95. The lowest BCUT2D eigenvalue weighted by molar-refractivity contribution is 0.0952. The van der Waals surface area contributed by atoms with E-state index in [1.54, 1.807) is 38.5 Å². The van der Waals surface area contributed by atoms with Gasteiger partial charge >= 0.3 is 0 Å². The van der Waals surface area contributed by atoms with E-state index in [0.717, 1.165) is 11.3 Å². The second-order valence-corrected chi connectivity index (χ2v) is 6.01. The van der Waals surface area contributed by atoms with Crippen molar-refractivity contribution in [2.24, 2.45) is 0 Å². The van der Waals surface area contributed by atoms with Gasteiger partial charge in [0.15, 0.2) is 5.76 Å². The fourth-order valence-corrected chi connectivity index (χ4v) is 2.88. The average molecular weight is 363 g/mol. The number of carbonyl (C=O) groups excluding carboxylic acids is 1. The van der Waals surface area contributed by atoms with Gasteiger partial charge < -0.3 is 19.0 Å².